The van der Waals surface area contributed by atoms with Gasteiger partial charge in [-0.05, 0) is 81.1 Å². The highest BCUT2D eigenvalue weighted by Crippen LogP contribution is 2.61. The number of amides is 1. The van der Waals surface area contributed by atoms with E-state index in [-0.39, 0.29) is 5.91 Å². The lowest BCUT2D eigenvalue weighted by Gasteiger charge is -2.59. The number of carbonyl (C=O) groups is 1. The van der Waals surface area contributed by atoms with Crippen LogP contribution in [-0.4, -0.2) is 21.7 Å². The minimum atomic E-state index is 0.124. The van der Waals surface area contributed by atoms with E-state index < -0.39 is 0 Å². The molecule has 0 spiro atoms. The molecule has 1 amide bonds. The lowest BCUT2D eigenvalue weighted by molar-refractivity contribution is -0.127. The van der Waals surface area contributed by atoms with Crippen molar-refractivity contribution in [2.75, 3.05) is 0 Å². The van der Waals surface area contributed by atoms with E-state index in [1.54, 1.807) is 10.9 Å². The van der Waals surface area contributed by atoms with Crippen LogP contribution >= 0.6 is 0 Å². The molecule has 4 aliphatic carbocycles. The molecule has 1 aromatic rings. The van der Waals surface area contributed by atoms with Gasteiger partial charge in [0.15, 0.2) is 0 Å². The van der Waals surface area contributed by atoms with Crippen molar-refractivity contribution in [1.82, 2.24) is 15.1 Å². The fraction of sp³-hybridized carbons (Fsp3) is 0.789. The van der Waals surface area contributed by atoms with E-state index >= 15 is 0 Å². The number of carbonyl (C=O) groups excluding carboxylic acids is 1. The molecule has 23 heavy (non-hydrogen) atoms. The van der Waals surface area contributed by atoms with Crippen LogP contribution in [-0.2, 0) is 11.3 Å². The Balaban J connectivity index is 1.46. The first kappa shape index (κ1) is 15.2. The molecule has 1 N–H and O–H groups in total. The first-order valence-corrected chi connectivity index (χ1v) is 9.36. The highest BCUT2D eigenvalue weighted by atomic mass is 16.2. The van der Waals surface area contributed by atoms with Gasteiger partial charge < -0.3 is 5.32 Å². The van der Waals surface area contributed by atoms with Crippen LogP contribution in [0.3, 0.4) is 0 Å². The molecule has 5 rings (SSSR count). The number of hydrogen-bond acceptors (Lipinski definition) is 2. The quantitative estimate of drug-likeness (QED) is 0.906. The smallest absolute Gasteiger partial charge is 0.241 e. The number of aromatic nitrogens is 2. The average Bonchev–Trinajstić information content (AvgIpc) is 2.88. The van der Waals surface area contributed by atoms with Gasteiger partial charge in [-0.2, -0.15) is 5.10 Å². The van der Waals surface area contributed by atoms with Crippen molar-refractivity contribution in [3.8, 4) is 0 Å². The molecule has 4 heteroatoms. The summed E-state index contributed by atoms with van der Waals surface area (Å²) < 4.78 is 1.79. The Morgan fingerprint density at radius 2 is 1.91 bits per heavy atom. The molecular formula is C19H29N3O. The van der Waals surface area contributed by atoms with Crippen molar-refractivity contribution in [2.24, 2.45) is 23.2 Å². The molecule has 0 aromatic carbocycles. The highest BCUT2D eigenvalue weighted by Gasteiger charge is 2.53. The van der Waals surface area contributed by atoms with Gasteiger partial charge in [0.25, 0.3) is 0 Å². The van der Waals surface area contributed by atoms with Gasteiger partial charge in [0.05, 0.1) is 0 Å². The van der Waals surface area contributed by atoms with Crippen molar-refractivity contribution in [3.05, 3.63) is 18.0 Å². The second-order valence-corrected chi connectivity index (χ2v) is 8.44. The van der Waals surface area contributed by atoms with Crippen LogP contribution in [0.5, 0.6) is 0 Å². The molecule has 126 valence electrons. The third kappa shape index (κ3) is 2.70. The van der Waals surface area contributed by atoms with Crippen molar-refractivity contribution >= 4 is 5.91 Å². The van der Waals surface area contributed by atoms with Crippen LogP contribution in [0.15, 0.2) is 12.3 Å². The van der Waals surface area contributed by atoms with Crippen molar-refractivity contribution in [2.45, 2.75) is 71.4 Å². The average molecular weight is 315 g/mol. The predicted molar refractivity (Wildman–Crippen MR) is 89.8 cm³/mol. The second kappa shape index (κ2) is 5.64. The maximum absolute atomic E-state index is 12.6. The van der Waals surface area contributed by atoms with E-state index in [2.05, 4.69) is 17.3 Å². The fourth-order valence-corrected chi connectivity index (χ4v) is 6.23. The van der Waals surface area contributed by atoms with Crippen LogP contribution in [0.25, 0.3) is 0 Å². The zero-order valence-corrected chi connectivity index (χ0v) is 14.4. The molecule has 4 aliphatic rings. The van der Waals surface area contributed by atoms with Crippen molar-refractivity contribution in [3.63, 3.8) is 0 Å². The maximum atomic E-state index is 12.6. The summed E-state index contributed by atoms with van der Waals surface area (Å²) in [4.78, 5) is 12.6. The van der Waals surface area contributed by atoms with Gasteiger partial charge >= 0.3 is 0 Å². The second-order valence-electron chi connectivity index (χ2n) is 8.44. The number of hydrogen-bond donors (Lipinski definition) is 1. The van der Waals surface area contributed by atoms with Gasteiger partial charge in [-0.3, -0.25) is 9.48 Å². The van der Waals surface area contributed by atoms with Gasteiger partial charge in [0, 0.05) is 17.9 Å². The summed E-state index contributed by atoms with van der Waals surface area (Å²) >= 11 is 0. The topological polar surface area (TPSA) is 46.9 Å². The van der Waals surface area contributed by atoms with Gasteiger partial charge in [-0.25, -0.2) is 0 Å². The van der Waals surface area contributed by atoms with Crippen LogP contribution in [0.4, 0.5) is 0 Å². The van der Waals surface area contributed by atoms with Crippen molar-refractivity contribution in [1.29, 1.82) is 0 Å². The largest absolute Gasteiger partial charge is 0.351 e. The standard InChI is InChI=1S/C19H29N3O/c1-3-17(21-18(23)12-22-13(2)4-5-20-22)19-9-14-6-15(10-19)8-16(7-14)11-19/h4-5,14-17H,3,6-12H2,1-2H3,(H,21,23)/t14?,15?,16?,17-,19?/m0/s1. The fourth-order valence-electron chi connectivity index (χ4n) is 6.23. The van der Waals surface area contributed by atoms with Crippen LogP contribution in [0, 0.1) is 30.1 Å². The molecule has 0 unspecified atom stereocenters. The van der Waals surface area contributed by atoms with Gasteiger partial charge in [0.1, 0.15) is 6.54 Å². The monoisotopic (exact) mass is 315 g/mol. The molecule has 1 aromatic heterocycles. The molecule has 1 heterocycles. The summed E-state index contributed by atoms with van der Waals surface area (Å²) in [5.41, 5.74) is 1.43. The Hall–Kier alpha value is -1.32. The predicted octanol–water partition coefficient (Wildman–Crippen LogP) is 3.30. The molecule has 1 atom stereocenters. The molecular weight excluding hydrogens is 286 g/mol. The van der Waals surface area contributed by atoms with Gasteiger partial charge in [0.2, 0.25) is 5.91 Å². The van der Waals surface area contributed by atoms with E-state index in [1.807, 2.05) is 13.0 Å². The third-order valence-corrected chi connectivity index (χ3v) is 6.79. The number of rotatable bonds is 5. The third-order valence-electron chi connectivity index (χ3n) is 6.79. The molecule has 4 bridgehead atoms. The van der Waals surface area contributed by atoms with Crippen LogP contribution < -0.4 is 5.32 Å². The van der Waals surface area contributed by atoms with Crippen molar-refractivity contribution < 1.29 is 4.79 Å². The zero-order chi connectivity index (χ0) is 16.0. The summed E-state index contributed by atoms with van der Waals surface area (Å²) in [5, 5.41) is 7.63. The van der Waals surface area contributed by atoms with Gasteiger partial charge in [-0.1, -0.05) is 6.92 Å². The Morgan fingerprint density at radius 1 is 1.30 bits per heavy atom. The zero-order valence-electron chi connectivity index (χ0n) is 14.4. The molecule has 4 nitrogen and oxygen atoms in total. The number of nitrogens with zero attached hydrogens (tertiary/aromatic N) is 2. The SMILES string of the molecule is CC[C@H](NC(=O)Cn1nccc1C)C12CC3CC(CC(C3)C1)C2. The van der Waals surface area contributed by atoms with Gasteiger partial charge in [-0.15, -0.1) is 0 Å². The van der Waals surface area contributed by atoms with E-state index in [0.29, 0.717) is 18.0 Å². The number of aryl methyl sites for hydroxylation is 1. The van der Waals surface area contributed by atoms with E-state index in [9.17, 15) is 4.79 Å². The van der Waals surface area contributed by atoms with E-state index in [4.69, 9.17) is 0 Å². The normalized spacial score (nSPS) is 36.2. The Bertz CT molecular complexity index is 556. The minimum absolute atomic E-state index is 0.124. The molecule has 0 radical (unpaired) electrons. The van der Waals surface area contributed by atoms with E-state index in [1.165, 1.54) is 38.5 Å². The Morgan fingerprint density at radius 3 is 2.39 bits per heavy atom. The molecule has 4 fully saturated rings. The summed E-state index contributed by atoms with van der Waals surface area (Å²) in [5.74, 6) is 2.92. The Kier molecular flexibility index (Phi) is 3.73. The first-order valence-electron chi connectivity index (χ1n) is 9.36. The van der Waals surface area contributed by atoms with E-state index in [0.717, 1.165) is 29.9 Å². The first-order chi connectivity index (χ1) is 11.1. The molecule has 4 saturated carbocycles. The van der Waals surface area contributed by atoms with Crippen LogP contribution in [0.1, 0.15) is 57.6 Å². The summed E-state index contributed by atoms with van der Waals surface area (Å²) in [6.07, 6.45) is 11.2. The lowest BCUT2D eigenvalue weighted by Crippen LogP contribution is -2.57. The lowest BCUT2D eigenvalue weighted by atomic mass is 9.47. The Labute approximate surface area is 139 Å². The minimum Gasteiger partial charge on any atom is -0.351 e. The molecule has 0 saturated heterocycles. The maximum Gasteiger partial charge on any atom is 0.241 e. The van der Waals surface area contributed by atoms with Crippen LogP contribution in [0.2, 0.25) is 0 Å². The summed E-state index contributed by atoms with van der Waals surface area (Å²) in [6.45, 7) is 4.58. The molecule has 0 aliphatic heterocycles. The highest BCUT2D eigenvalue weighted by molar-refractivity contribution is 5.76. The summed E-state index contributed by atoms with van der Waals surface area (Å²) in [6, 6.07) is 2.29. The summed E-state index contributed by atoms with van der Waals surface area (Å²) in [7, 11) is 0. The number of nitrogens with one attached hydrogen (secondary N) is 1.